The average Bonchev–Trinajstić information content (AvgIpc) is 3.16. The molecule has 0 aliphatic carbocycles. The van der Waals surface area contributed by atoms with E-state index in [-0.39, 0.29) is 50.5 Å². The summed E-state index contributed by atoms with van der Waals surface area (Å²) in [5.41, 5.74) is 2.09. The first-order chi connectivity index (χ1) is 26.7. The minimum Gasteiger partial charge on any atom is -0.456 e. The van der Waals surface area contributed by atoms with E-state index >= 15 is 0 Å². The molecule has 13 heteroatoms. The largest absolute Gasteiger partial charge is 0.456 e. The minimum absolute atomic E-state index is 0.00975. The first-order valence-electron chi connectivity index (χ1n) is 21.3. The van der Waals surface area contributed by atoms with Crippen LogP contribution in [-0.4, -0.2) is 126 Å². The second kappa shape index (κ2) is 22.2. The zero-order chi connectivity index (χ0) is 42.8. The molecule has 0 saturated carbocycles. The van der Waals surface area contributed by atoms with Crippen molar-refractivity contribution < 1.29 is 59.6 Å². The van der Waals surface area contributed by atoms with Gasteiger partial charge < -0.3 is 50.1 Å². The molecule has 3 rings (SSSR count). The zero-order valence-electron chi connectivity index (χ0n) is 35.5. The van der Waals surface area contributed by atoms with Gasteiger partial charge in [-0.05, 0) is 108 Å². The molecular formula is C44H73NO12. The second-order valence-corrected chi connectivity index (χ2v) is 17.4. The number of amides is 1. The maximum atomic E-state index is 14.0. The third-order valence-electron chi connectivity index (χ3n) is 12.7. The molecule has 7 N–H and O–H groups in total. The van der Waals surface area contributed by atoms with Crippen molar-refractivity contribution >= 4 is 17.7 Å². The van der Waals surface area contributed by atoms with Crippen molar-refractivity contribution in [2.45, 2.75) is 193 Å². The third-order valence-corrected chi connectivity index (χ3v) is 12.7. The van der Waals surface area contributed by atoms with Gasteiger partial charge in [0.25, 0.3) is 11.7 Å². The number of ether oxygens (including phenoxy) is 2. The molecule has 1 amide bonds. The van der Waals surface area contributed by atoms with Gasteiger partial charge in [-0.25, -0.2) is 4.79 Å². The Kier molecular flexibility index (Phi) is 19.0. The van der Waals surface area contributed by atoms with Crippen LogP contribution < -0.4 is 0 Å². The molecule has 3 aliphatic heterocycles. The van der Waals surface area contributed by atoms with Crippen molar-refractivity contribution in [1.29, 1.82) is 0 Å². The summed E-state index contributed by atoms with van der Waals surface area (Å²) in [5.74, 6) is -7.28. The maximum Gasteiger partial charge on any atom is 0.329 e. The highest BCUT2D eigenvalue weighted by atomic mass is 16.6. The Hall–Kier alpha value is -2.49. The summed E-state index contributed by atoms with van der Waals surface area (Å²) in [5, 5.41) is 77.0. The molecule has 13 nitrogen and oxygen atoms in total. The van der Waals surface area contributed by atoms with Gasteiger partial charge in [-0.3, -0.25) is 9.59 Å². The summed E-state index contributed by atoms with van der Waals surface area (Å²) in [7, 11) is 0. The molecule has 0 aromatic rings. The van der Waals surface area contributed by atoms with Crippen molar-refractivity contribution in [2.24, 2.45) is 23.7 Å². The average molecular weight is 808 g/mol. The van der Waals surface area contributed by atoms with Gasteiger partial charge in [0.15, 0.2) is 0 Å². The lowest BCUT2D eigenvalue weighted by atomic mass is 9.83. The fourth-order valence-corrected chi connectivity index (χ4v) is 8.21. The van der Waals surface area contributed by atoms with Crippen molar-refractivity contribution in [3.8, 4) is 0 Å². The molecule has 0 aromatic carbocycles. The Balaban J connectivity index is 2.01. The number of hydrogen-bond donors (Lipinski definition) is 7. The van der Waals surface area contributed by atoms with Crippen molar-refractivity contribution in [3.63, 3.8) is 0 Å². The molecular weight excluding hydrogens is 734 g/mol. The zero-order valence-corrected chi connectivity index (χ0v) is 35.5. The van der Waals surface area contributed by atoms with Gasteiger partial charge in [0, 0.05) is 37.1 Å². The molecule has 57 heavy (non-hydrogen) atoms. The number of carbonyl (C=O) groups is 3. The molecule has 3 aliphatic rings. The predicted octanol–water partition coefficient (Wildman–Crippen LogP) is 4.03. The number of piperidine rings is 1. The first kappa shape index (κ1) is 48.9. The van der Waals surface area contributed by atoms with E-state index in [1.165, 1.54) is 0 Å². The number of Topliss-reactive ketones (excluding diaryl/α,β-unsaturated/α-hetero) is 1. The first-order valence-corrected chi connectivity index (χ1v) is 21.3. The quantitative estimate of drug-likeness (QED) is 0.122. The minimum atomic E-state index is -2.52. The van der Waals surface area contributed by atoms with Crippen molar-refractivity contribution in [1.82, 2.24) is 4.90 Å². The molecule has 14 unspecified atom stereocenters. The lowest BCUT2D eigenvalue weighted by Crippen LogP contribution is -2.61. The molecule has 326 valence electrons. The predicted molar refractivity (Wildman–Crippen MR) is 215 cm³/mol. The molecule has 0 spiro atoms. The van der Waals surface area contributed by atoms with E-state index < -0.39 is 90.2 Å². The van der Waals surface area contributed by atoms with Crippen LogP contribution >= 0.6 is 0 Å². The highest BCUT2D eigenvalue weighted by Gasteiger charge is 2.53. The smallest absolute Gasteiger partial charge is 0.329 e. The summed E-state index contributed by atoms with van der Waals surface area (Å²) in [6, 6.07) is -1.10. The number of fused-ring (bicyclic) bond motifs is 3. The summed E-state index contributed by atoms with van der Waals surface area (Å²) < 4.78 is 12.1. The molecule has 2 bridgehead atoms. The van der Waals surface area contributed by atoms with Crippen LogP contribution in [0.4, 0.5) is 0 Å². The summed E-state index contributed by atoms with van der Waals surface area (Å²) in [6.07, 6.45) is 1.83. The van der Waals surface area contributed by atoms with Crippen LogP contribution in [0.5, 0.6) is 0 Å². The van der Waals surface area contributed by atoms with E-state index in [9.17, 15) is 50.1 Å². The number of esters is 1. The second-order valence-electron chi connectivity index (χ2n) is 17.4. The van der Waals surface area contributed by atoms with Gasteiger partial charge >= 0.3 is 5.97 Å². The van der Waals surface area contributed by atoms with Gasteiger partial charge in [-0.1, -0.05) is 52.8 Å². The van der Waals surface area contributed by atoms with Crippen LogP contribution in [-0.2, 0) is 23.9 Å². The SMILES string of the molecule is CCC1=CCC(C(C)=CC(C)C(C)O)OC(=O)C2CCCCN2C(=O)C(=O)C2(O)OC(CCC2C)CC(O)C(C)C(O)CC(O)CC(O)C(C)=CC(C)CCC1O. The van der Waals surface area contributed by atoms with E-state index in [4.69, 9.17) is 9.47 Å². The van der Waals surface area contributed by atoms with Crippen molar-refractivity contribution in [3.05, 3.63) is 34.9 Å². The fraction of sp³-hybridized carbons (Fsp3) is 0.795. The van der Waals surface area contributed by atoms with Gasteiger partial charge in [0.1, 0.15) is 12.1 Å². The molecule has 14 atom stereocenters. The lowest BCUT2D eigenvalue weighted by molar-refractivity contribution is -0.266. The summed E-state index contributed by atoms with van der Waals surface area (Å²) in [6.45, 7) is 14.3. The number of carbonyl (C=O) groups excluding carboxylic acids is 3. The van der Waals surface area contributed by atoms with E-state index in [0.29, 0.717) is 56.1 Å². The van der Waals surface area contributed by atoms with Gasteiger partial charge in [-0.2, -0.15) is 0 Å². The Morgan fingerprint density at radius 2 is 1.60 bits per heavy atom. The van der Waals surface area contributed by atoms with Crippen LogP contribution in [0.3, 0.4) is 0 Å². The number of ketones is 1. The van der Waals surface area contributed by atoms with Crippen molar-refractivity contribution in [2.75, 3.05) is 6.54 Å². The molecule has 2 fully saturated rings. The van der Waals surface area contributed by atoms with Crippen LogP contribution in [0.25, 0.3) is 0 Å². The van der Waals surface area contributed by atoms with Crippen LogP contribution in [0.15, 0.2) is 34.9 Å². The maximum absolute atomic E-state index is 14.0. The summed E-state index contributed by atoms with van der Waals surface area (Å²) in [4.78, 5) is 43.2. The lowest BCUT2D eigenvalue weighted by Gasteiger charge is -2.43. The Bertz CT molecular complexity index is 1430. The molecule has 0 radical (unpaired) electrons. The molecule has 3 heterocycles. The van der Waals surface area contributed by atoms with E-state index in [1.54, 1.807) is 34.6 Å². The van der Waals surface area contributed by atoms with Gasteiger partial charge in [-0.15, -0.1) is 0 Å². The highest BCUT2D eigenvalue weighted by molar-refractivity contribution is 6.39. The number of aliphatic hydroxyl groups is 7. The fourth-order valence-electron chi connectivity index (χ4n) is 8.21. The monoisotopic (exact) mass is 808 g/mol. The van der Waals surface area contributed by atoms with Gasteiger partial charge in [0.2, 0.25) is 5.79 Å². The van der Waals surface area contributed by atoms with E-state index in [1.807, 2.05) is 39.0 Å². The number of hydrogen-bond acceptors (Lipinski definition) is 12. The number of allylic oxidation sites excluding steroid dienone is 1. The molecule has 2 saturated heterocycles. The van der Waals surface area contributed by atoms with Crippen LogP contribution in [0, 0.1) is 23.7 Å². The summed E-state index contributed by atoms with van der Waals surface area (Å²) >= 11 is 0. The van der Waals surface area contributed by atoms with Crippen LogP contribution in [0.2, 0.25) is 0 Å². The molecule has 0 aromatic heterocycles. The van der Waals surface area contributed by atoms with Crippen LogP contribution in [0.1, 0.15) is 132 Å². The third kappa shape index (κ3) is 13.5. The Labute approximate surface area is 339 Å². The Morgan fingerprint density at radius 3 is 2.25 bits per heavy atom. The van der Waals surface area contributed by atoms with E-state index in [0.717, 1.165) is 10.5 Å². The number of nitrogens with zero attached hydrogens (tertiary/aromatic N) is 1. The van der Waals surface area contributed by atoms with Gasteiger partial charge in [0.05, 0.1) is 42.7 Å². The van der Waals surface area contributed by atoms with E-state index in [2.05, 4.69) is 0 Å². The Morgan fingerprint density at radius 1 is 0.930 bits per heavy atom. The number of aliphatic hydroxyl groups excluding tert-OH is 6. The highest BCUT2D eigenvalue weighted by Crippen LogP contribution is 2.37. The number of rotatable bonds is 4. The number of cyclic esters (lactones) is 1. The normalized spacial score (nSPS) is 38.2. The topological polar surface area (TPSA) is 215 Å². The standard InChI is InChI=1S/C44H73NO12/c1-9-32-15-18-40(28(5)21-26(3)31(8)46)56-43(54)35-12-10-11-19-45(35)42(53)41(52)44(55)29(6)14-16-34(57-44)24-39(51)30(7)38(50)23-33(47)22-37(49)27(4)20-25(2)13-17-36(32)48/h15,20-21,25-26,29-31,33-40,46-51,55H,9-14,16-19,22-24H2,1-8H3.